The Hall–Kier alpha value is -2.18. The Labute approximate surface area is 155 Å². The maximum absolute atomic E-state index is 5.22. The highest BCUT2D eigenvalue weighted by Gasteiger charge is 2.09. The number of nitrogens with one attached hydrogen (secondary N) is 2. The zero-order valence-electron chi connectivity index (χ0n) is 15.5. The van der Waals surface area contributed by atoms with Crippen molar-refractivity contribution in [3.63, 3.8) is 0 Å². The average molecular weight is 359 g/mol. The van der Waals surface area contributed by atoms with E-state index in [1.54, 1.807) is 13.3 Å². The number of ether oxygens (including phenoxy) is 1. The summed E-state index contributed by atoms with van der Waals surface area (Å²) in [6, 6.07) is 10.7. The molecule has 134 valence electrons. The molecule has 2 rings (SSSR count). The average Bonchev–Trinajstić information content (AvgIpc) is 2.83. The minimum absolute atomic E-state index is 0.131. The number of nitrogens with zero attached hydrogens (tertiary/aromatic N) is 2. The van der Waals surface area contributed by atoms with E-state index in [-0.39, 0.29) is 6.04 Å². The fourth-order valence-corrected chi connectivity index (χ4v) is 2.97. The Morgan fingerprint density at radius 1 is 1.28 bits per heavy atom. The molecule has 0 aliphatic carbocycles. The molecular weight excluding hydrogens is 332 g/mol. The number of methoxy groups -OCH3 is 1. The number of hydrogen-bond donors (Lipinski definition) is 2. The zero-order valence-corrected chi connectivity index (χ0v) is 16.3. The van der Waals surface area contributed by atoms with Gasteiger partial charge in [0.25, 0.3) is 0 Å². The summed E-state index contributed by atoms with van der Waals surface area (Å²) in [5.74, 6) is 0. The summed E-state index contributed by atoms with van der Waals surface area (Å²) in [5.41, 5.74) is 8.61. The summed E-state index contributed by atoms with van der Waals surface area (Å²) in [7, 11) is 1.66. The van der Waals surface area contributed by atoms with Gasteiger partial charge in [0.2, 0.25) is 0 Å². The number of hydrazone groups is 1. The second kappa shape index (κ2) is 8.78. The van der Waals surface area contributed by atoms with Crippen LogP contribution in [0.2, 0.25) is 0 Å². The van der Waals surface area contributed by atoms with E-state index in [1.807, 2.05) is 6.92 Å². The van der Waals surface area contributed by atoms with Crippen LogP contribution in [0.4, 0.5) is 0 Å². The first-order valence-electron chi connectivity index (χ1n) is 8.27. The summed E-state index contributed by atoms with van der Waals surface area (Å²) in [4.78, 5) is 0. The van der Waals surface area contributed by atoms with E-state index < -0.39 is 0 Å². The van der Waals surface area contributed by atoms with Crippen LogP contribution in [0.1, 0.15) is 29.4 Å². The number of rotatable bonds is 6. The molecule has 0 fully saturated rings. The van der Waals surface area contributed by atoms with Crippen molar-refractivity contribution in [3.05, 3.63) is 52.8 Å². The van der Waals surface area contributed by atoms with E-state index in [1.165, 1.54) is 5.56 Å². The standard InChI is InChI=1S/C19H26N4OS/c1-13-6-8-18(9-7-13)23-15(3)10-17(16(23)4)11-20-22-19(25)21-14(2)12-24-5/h6-11,14H,12H2,1-5H3,(H2,21,22,25)/b20-11-/t14-/m1/s1. The van der Waals surface area contributed by atoms with E-state index >= 15 is 0 Å². The number of thiocarbonyl (C=S) groups is 1. The highest BCUT2D eigenvalue weighted by molar-refractivity contribution is 7.80. The molecule has 1 aromatic heterocycles. The minimum Gasteiger partial charge on any atom is -0.383 e. The Kier molecular flexibility index (Phi) is 6.73. The number of hydrogen-bond acceptors (Lipinski definition) is 3. The first-order chi connectivity index (χ1) is 11.9. The first kappa shape index (κ1) is 19.1. The molecule has 6 heteroatoms. The van der Waals surface area contributed by atoms with E-state index in [4.69, 9.17) is 17.0 Å². The Morgan fingerprint density at radius 2 is 1.96 bits per heavy atom. The zero-order chi connectivity index (χ0) is 18.4. The topological polar surface area (TPSA) is 50.6 Å². The van der Waals surface area contributed by atoms with E-state index in [0.29, 0.717) is 11.7 Å². The van der Waals surface area contributed by atoms with Gasteiger partial charge in [-0.1, -0.05) is 17.7 Å². The maximum atomic E-state index is 5.22. The van der Waals surface area contributed by atoms with Gasteiger partial charge in [-0.25, -0.2) is 0 Å². The maximum Gasteiger partial charge on any atom is 0.187 e. The molecular formula is C19H26N4OS. The lowest BCUT2D eigenvalue weighted by Crippen LogP contribution is -2.40. The van der Waals surface area contributed by atoms with Crippen LogP contribution in [0.5, 0.6) is 0 Å². The third kappa shape index (κ3) is 5.14. The predicted molar refractivity (Wildman–Crippen MR) is 108 cm³/mol. The van der Waals surface area contributed by atoms with Crippen LogP contribution in [-0.4, -0.2) is 35.7 Å². The van der Waals surface area contributed by atoms with Gasteiger partial charge in [0.15, 0.2) is 5.11 Å². The third-order valence-electron chi connectivity index (χ3n) is 3.93. The molecule has 1 atom stereocenters. The smallest absolute Gasteiger partial charge is 0.187 e. The molecule has 25 heavy (non-hydrogen) atoms. The quantitative estimate of drug-likeness (QED) is 0.473. The predicted octanol–water partition coefficient (Wildman–Crippen LogP) is 3.24. The van der Waals surface area contributed by atoms with Crippen molar-refractivity contribution in [2.45, 2.75) is 33.7 Å². The van der Waals surface area contributed by atoms with E-state index in [0.717, 1.165) is 22.6 Å². The largest absolute Gasteiger partial charge is 0.383 e. The second-order valence-electron chi connectivity index (χ2n) is 6.20. The molecule has 0 saturated carbocycles. The highest BCUT2D eigenvalue weighted by atomic mass is 32.1. The van der Waals surface area contributed by atoms with Gasteiger partial charge >= 0.3 is 0 Å². The Morgan fingerprint density at radius 3 is 2.60 bits per heavy atom. The van der Waals surface area contributed by atoms with Crippen molar-refractivity contribution in [2.24, 2.45) is 5.10 Å². The van der Waals surface area contributed by atoms with Crippen molar-refractivity contribution >= 4 is 23.5 Å². The fraction of sp³-hybridized carbons (Fsp3) is 0.368. The van der Waals surface area contributed by atoms with Crippen LogP contribution in [0.3, 0.4) is 0 Å². The van der Waals surface area contributed by atoms with Crippen LogP contribution in [-0.2, 0) is 4.74 Å². The van der Waals surface area contributed by atoms with Crippen LogP contribution in [0.15, 0.2) is 35.4 Å². The van der Waals surface area contributed by atoms with Gasteiger partial charge in [0.1, 0.15) is 0 Å². The van der Waals surface area contributed by atoms with Gasteiger partial charge < -0.3 is 14.6 Å². The molecule has 0 spiro atoms. The van der Waals surface area contributed by atoms with Crippen LogP contribution in [0, 0.1) is 20.8 Å². The Balaban J connectivity index is 2.07. The lowest BCUT2D eigenvalue weighted by molar-refractivity contribution is 0.179. The van der Waals surface area contributed by atoms with Gasteiger partial charge in [-0.15, -0.1) is 0 Å². The fourth-order valence-electron chi connectivity index (χ4n) is 2.72. The first-order valence-corrected chi connectivity index (χ1v) is 8.67. The Bertz CT molecular complexity index is 750. The van der Waals surface area contributed by atoms with Gasteiger partial charge in [-0.3, -0.25) is 5.43 Å². The molecule has 2 N–H and O–H groups in total. The number of aryl methyl sites for hydroxylation is 2. The minimum atomic E-state index is 0.131. The van der Waals surface area contributed by atoms with Gasteiger partial charge in [-0.2, -0.15) is 5.10 Å². The summed E-state index contributed by atoms with van der Waals surface area (Å²) in [6.07, 6.45) is 1.79. The van der Waals surface area contributed by atoms with E-state index in [2.05, 4.69) is 71.5 Å². The van der Waals surface area contributed by atoms with E-state index in [9.17, 15) is 0 Å². The van der Waals surface area contributed by atoms with Gasteiger partial charge in [0.05, 0.1) is 12.8 Å². The summed E-state index contributed by atoms with van der Waals surface area (Å²) in [5, 5.41) is 7.83. The molecule has 1 heterocycles. The molecule has 0 aliphatic rings. The molecule has 0 amide bonds. The van der Waals surface area contributed by atoms with Gasteiger partial charge in [0, 0.05) is 35.8 Å². The molecule has 0 unspecified atom stereocenters. The highest BCUT2D eigenvalue weighted by Crippen LogP contribution is 2.20. The SMILES string of the molecule is COC[C@@H](C)NC(=S)N/N=C\c1cc(C)n(-c2ccc(C)cc2)c1C. The number of benzene rings is 1. The molecule has 1 aromatic carbocycles. The molecule has 0 bridgehead atoms. The van der Waals surface area contributed by atoms with Crippen LogP contribution < -0.4 is 10.7 Å². The second-order valence-corrected chi connectivity index (χ2v) is 6.61. The van der Waals surface area contributed by atoms with Crippen molar-refractivity contribution < 1.29 is 4.74 Å². The lowest BCUT2D eigenvalue weighted by atomic mass is 10.2. The molecule has 0 saturated heterocycles. The molecule has 5 nitrogen and oxygen atoms in total. The van der Waals surface area contributed by atoms with Crippen LogP contribution >= 0.6 is 12.2 Å². The number of aromatic nitrogens is 1. The lowest BCUT2D eigenvalue weighted by Gasteiger charge is -2.13. The molecule has 0 radical (unpaired) electrons. The van der Waals surface area contributed by atoms with Crippen molar-refractivity contribution in [2.75, 3.05) is 13.7 Å². The van der Waals surface area contributed by atoms with Crippen LogP contribution in [0.25, 0.3) is 5.69 Å². The van der Waals surface area contributed by atoms with Crippen molar-refractivity contribution in [1.82, 2.24) is 15.3 Å². The van der Waals surface area contributed by atoms with Crippen molar-refractivity contribution in [1.29, 1.82) is 0 Å². The summed E-state index contributed by atoms with van der Waals surface area (Å²) < 4.78 is 7.29. The van der Waals surface area contributed by atoms with Gasteiger partial charge in [-0.05, 0) is 58.1 Å². The molecule has 0 aliphatic heterocycles. The third-order valence-corrected chi connectivity index (χ3v) is 4.14. The normalized spacial score (nSPS) is 12.4. The monoisotopic (exact) mass is 358 g/mol. The molecule has 2 aromatic rings. The summed E-state index contributed by atoms with van der Waals surface area (Å²) >= 11 is 5.22. The summed E-state index contributed by atoms with van der Waals surface area (Å²) in [6.45, 7) is 8.86. The van der Waals surface area contributed by atoms with Crippen molar-refractivity contribution in [3.8, 4) is 5.69 Å².